The Morgan fingerprint density at radius 1 is 0.586 bits per heavy atom. The van der Waals surface area contributed by atoms with E-state index in [1.807, 2.05) is 136 Å². The molecule has 6 N–H and O–H groups in total. The zero-order valence-corrected chi connectivity index (χ0v) is 51.4. The zero-order chi connectivity index (χ0) is 52.2. The van der Waals surface area contributed by atoms with E-state index in [1.165, 1.54) is 30.6 Å². The molecule has 0 aromatic heterocycles. The lowest BCUT2D eigenvalue weighted by atomic mass is 10.1. The van der Waals surface area contributed by atoms with Gasteiger partial charge in [-0.15, -0.1) is 0 Å². The second-order valence-corrected chi connectivity index (χ2v) is 23.1. The number of amides is 6. The van der Waals surface area contributed by atoms with Gasteiger partial charge in [0.25, 0.3) is 29.5 Å². The molecule has 5 rings (SSSR count). The Hall–Kier alpha value is -2.91. The number of aliphatic hydroxyl groups excluding tert-OH is 1. The Morgan fingerprint density at radius 2 is 0.943 bits per heavy atom. The SMILES string of the molecule is CC(=O)OCC(=O)Nc1c(I)c(C(=O)NCC2=COC(C)(C)O2)c(I)c(C(=O)NCC(O)CN(C(C)=O)c2c(I)c(C(=O)NCC3=COC(C)(C)O3)c(I)c(C(=O)NCC3=COC(C)(C)O3)c2I)c1I. The number of halogens is 6. The molecule has 0 saturated carbocycles. The molecule has 0 bridgehead atoms. The van der Waals surface area contributed by atoms with E-state index in [0.717, 1.165) is 6.92 Å². The van der Waals surface area contributed by atoms with Crippen molar-refractivity contribution in [1.29, 1.82) is 0 Å². The number of carbonyl (C=O) groups is 7. The maximum Gasteiger partial charge on any atom is 0.303 e. The predicted octanol–water partition coefficient (Wildman–Crippen LogP) is 6.02. The van der Waals surface area contributed by atoms with Gasteiger partial charge in [-0.05, 0) is 136 Å². The van der Waals surface area contributed by atoms with Crippen LogP contribution < -0.4 is 31.5 Å². The molecule has 0 saturated heterocycles. The van der Waals surface area contributed by atoms with E-state index >= 15 is 0 Å². The molecule has 21 nitrogen and oxygen atoms in total. The summed E-state index contributed by atoms with van der Waals surface area (Å²) in [6.07, 6.45) is 2.69. The lowest BCUT2D eigenvalue weighted by molar-refractivity contribution is -0.145. The average molecular weight is 1650 g/mol. The molecule has 6 amide bonds. The summed E-state index contributed by atoms with van der Waals surface area (Å²) in [4.78, 5) is 95.5. The summed E-state index contributed by atoms with van der Waals surface area (Å²) in [5.74, 6) is -6.42. The Labute approximate surface area is 484 Å². The van der Waals surface area contributed by atoms with E-state index in [9.17, 15) is 38.7 Å². The summed E-state index contributed by atoms with van der Waals surface area (Å²) >= 11 is 11.3. The van der Waals surface area contributed by atoms with E-state index in [2.05, 4.69) is 26.6 Å². The molecule has 0 fully saturated rings. The monoisotopic (exact) mass is 1650 g/mol. The van der Waals surface area contributed by atoms with Crippen LogP contribution in [0.3, 0.4) is 0 Å². The highest BCUT2D eigenvalue weighted by atomic mass is 127. The molecule has 3 heterocycles. The Kier molecular flexibility index (Phi) is 19.9. The van der Waals surface area contributed by atoms with Crippen molar-refractivity contribution in [3.8, 4) is 0 Å². The lowest BCUT2D eigenvalue weighted by Gasteiger charge is -2.29. The van der Waals surface area contributed by atoms with Crippen molar-refractivity contribution in [2.45, 2.75) is 78.9 Å². The zero-order valence-electron chi connectivity index (χ0n) is 38.4. The van der Waals surface area contributed by atoms with Crippen molar-refractivity contribution in [3.05, 3.63) is 79.7 Å². The number of ether oxygens (including phenoxy) is 7. The van der Waals surface area contributed by atoms with Crippen molar-refractivity contribution in [1.82, 2.24) is 21.3 Å². The number of anilines is 2. The molecule has 2 aromatic carbocycles. The largest absolute Gasteiger partial charge is 0.457 e. The van der Waals surface area contributed by atoms with Gasteiger partial charge in [0.15, 0.2) is 23.9 Å². The molecule has 70 heavy (non-hydrogen) atoms. The molecule has 0 radical (unpaired) electrons. The summed E-state index contributed by atoms with van der Waals surface area (Å²) in [7, 11) is 0. The van der Waals surface area contributed by atoms with Crippen LogP contribution in [0.4, 0.5) is 11.4 Å². The standard InChI is InChI=1S/C43H46I6N6O15/c1-18(56)55(36-33(48)27(39(62)52-11-22-15-66-42(5,6)69-22)30(45)28(34(36)49)40(63)53-12-23-16-67-43(7,8)70-23)13-20(58)9-50-37(60)25-29(44)26(38(61)51-10-21-14-65-41(3,4)68-21)32(47)35(31(25)46)54-24(59)17-64-19(2)57/h14-16,20,58H,9-13,17H2,1-8H3,(H,50,60)(H,51,61)(H,52,62)(H,53,63)(H,54,59). The second kappa shape index (κ2) is 24.0. The molecular weight excluding hydrogens is 1600 g/mol. The summed E-state index contributed by atoms with van der Waals surface area (Å²) in [5.41, 5.74) is 0.305. The van der Waals surface area contributed by atoms with Gasteiger partial charge in [-0.3, -0.25) is 33.6 Å². The molecular formula is C43H46I6N6O15. The Bertz CT molecular complexity index is 2540. The minimum atomic E-state index is -1.46. The number of rotatable bonds is 18. The number of aliphatic hydroxyl groups is 1. The molecule has 0 aliphatic carbocycles. The number of hydrogen-bond donors (Lipinski definition) is 6. The maximum absolute atomic E-state index is 14.2. The van der Waals surface area contributed by atoms with Gasteiger partial charge in [0, 0.05) is 69.1 Å². The number of benzene rings is 2. The molecule has 3 aliphatic heterocycles. The van der Waals surface area contributed by atoms with Crippen LogP contribution in [0.5, 0.6) is 0 Å². The first-order valence-corrected chi connectivity index (χ1v) is 27.1. The number of esters is 1. The van der Waals surface area contributed by atoms with Crippen LogP contribution >= 0.6 is 136 Å². The summed E-state index contributed by atoms with van der Waals surface area (Å²) in [5, 5.41) is 25.3. The quantitative estimate of drug-likeness (QED) is 0.0736. The van der Waals surface area contributed by atoms with Crippen LogP contribution in [0.1, 0.15) is 96.8 Å². The summed E-state index contributed by atoms with van der Waals surface area (Å²) < 4.78 is 39.9. The highest BCUT2D eigenvalue weighted by Gasteiger charge is 2.36. The van der Waals surface area contributed by atoms with E-state index in [1.54, 1.807) is 41.5 Å². The van der Waals surface area contributed by atoms with Crippen LogP contribution in [-0.2, 0) is 47.5 Å². The summed E-state index contributed by atoms with van der Waals surface area (Å²) in [6, 6.07) is 0. The Balaban J connectivity index is 1.45. The first-order valence-electron chi connectivity index (χ1n) is 20.6. The summed E-state index contributed by atoms with van der Waals surface area (Å²) in [6.45, 7) is 10.8. The van der Waals surface area contributed by atoms with Gasteiger partial charge in [0.05, 0.1) is 80.2 Å². The molecule has 1 unspecified atom stereocenters. The van der Waals surface area contributed by atoms with Crippen molar-refractivity contribution in [3.63, 3.8) is 0 Å². The van der Waals surface area contributed by atoms with Gasteiger partial charge < -0.3 is 69.7 Å². The third-order valence-electron chi connectivity index (χ3n) is 9.55. The smallest absolute Gasteiger partial charge is 0.303 e. The molecule has 0 spiro atoms. The number of nitrogens with zero attached hydrogens (tertiary/aromatic N) is 1. The second-order valence-electron chi connectivity index (χ2n) is 16.6. The maximum atomic E-state index is 14.2. The van der Waals surface area contributed by atoms with Crippen LogP contribution in [0.2, 0.25) is 0 Å². The fourth-order valence-electron chi connectivity index (χ4n) is 6.47. The predicted molar refractivity (Wildman–Crippen MR) is 301 cm³/mol. The highest BCUT2D eigenvalue weighted by Crippen LogP contribution is 2.40. The highest BCUT2D eigenvalue weighted by molar-refractivity contribution is 14.1. The van der Waals surface area contributed by atoms with Crippen molar-refractivity contribution in [2.75, 3.05) is 49.5 Å². The third-order valence-corrected chi connectivity index (χ3v) is 16.0. The number of hydrogen-bond acceptors (Lipinski definition) is 15. The van der Waals surface area contributed by atoms with Crippen LogP contribution in [-0.4, -0.2) is 109 Å². The van der Waals surface area contributed by atoms with Crippen LogP contribution in [0, 0.1) is 21.4 Å². The molecule has 2 aromatic rings. The minimum absolute atomic E-state index is 0.0218. The fraction of sp³-hybridized carbons (Fsp3) is 0.419. The molecule has 3 aliphatic rings. The Morgan fingerprint density at radius 3 is 1.27 bits per heavy atom. The minimum Gasteiger partial charge on any atom is -0.457 e. The van der Waals surface area contributed by atoms with Crippen molar-refractivity contribution < 1.29 is 71.8 Å². The average Bonchev–Trinajstić information content (AvgIpc) is 3.93. The van der Waals surface area contributed by atoms with E-state index in [4.69, 9.17) is 33.2 Å². The number of carbonyl (C=O) groups excluding carboxylic acids is 7. The van der Waals surface area contributed by atoms with Gasteiger partial charge in [-0.25, -0.2) is 0 Å². The topological polar surface area (TPSA) is 268 Å². The van der Waals surface area contributed by atoms with E-state index in [0.29, 0.717) is 17.3 Å². The lowest BCUT2D eigenvalue weighted by Crippen LogP contribution is -2.43. The first-order chi connectivity index (χ1) is 32.5. The van der Waals surface area contributed by atoms with Gasteiger partial charge in [0.1, 0.15) is 18.8 Å². The molecule has 27 heteroatoms. The van der Waals surface area contributed by atoms with E-state index < -0.39 is 84.6 Å². The van der Waals surface area contributed by atoms with Gasteiger partial charge in [0.2, 0.25) is 23.3 Å². The van der Waals surface area contributed by atoms with Gasteiger partial charge in [-0.2, -0.15) is 0 Å². The third kappa shape index (κ3) is 14.7. The first kappa shape index (κ1) is 58.0. The molecule has 1 atom stereocenters. The van der Waals surface area contributed by atoms with Gasteiger partial charge >= 0.3 is 5.97 Å². The van der Waals surface area contributed by atoms with Crippen LogP contribution in [0.25, 0.3) is 0 Å². The van der Waals surface area contributed by atoms with Gasteiger partial charge in [-0.1, -0.05) is 0 Å². The van der Waals surface area contributed by atoms with Crippen molar-refractivity contribution in [2.24, 2.45) is 0 Å². The van der Waals surface area contributed by atoms with E-state index in [-0.39, 0.29) is 74.7 Å². The van der Waals surface area contributed by atoms with Crippen molar-refractivity contribution >= 4 is 188 Å². The fourth-order valence-corrected chi connectivity index (χ4v) is 15.6. The molecule has 380 valence electrons. The normalized spacial score (nSPS) is 16.2. The number of nitrogens with one attached hydrogen (secondary N) is 5. The van der Waals surface area contributed by atoms with Crippen LogP contribution in [0.15, 0.2) is 36.1 Å².